The van der Waals surface area contributed by atoms with Gasteiger partial charge in [0.15, 0.2) is 0 Å². The maximum Gasteiger partial charge on any atom is 0.111 e. The molecule has 0 saturated carbocycles. The summed E-state index contributed by atoms with van der Waals surface area (Å²) in [4.78, 5) is 0.998. The van der Waals surface area contributed by atoms with E-state index < -0.39 is 6.10 Å². The van der Waals surface area contributed by atoms with Crippen LogP contribution in [-0.4, -0.2) is 17.8 Å². The van der Waals surface area contributed by atoms with Gasteiger partial charge in [0.1, 0.15) is 6.10 Å². The van der Waals surface area contributed by atoms with Gasteiger partial charge in [0.2, 0.25) is 0 Å². The van der Waals surface area contributed by atoms with Crippen LogP contribution >= 0.6 is 22.7 Å². The highest BCUT2D eigenvalue weighted by Crippen LogP contribution is 2.33. The Morgan fingerprint density at radius 1 is 1.40 bits per heavy atom. The van der Waals surface area contributed by atoms with Crippen LogP contribution in [0.25, 0.3) is 9.40 Å². The molecule has 0 aliphatic carbocycles. The molecule has 2 aromatic heterocycles. The van der Waals surface area contributed by atoms with E-state index in [4.69, 9.17) is 4.74 Å². The highest BCUT2D eigenvalue weighted by Gasteiger charge is 2.12. The van der Waals surface area contributed by atoms with E-state index in [1.165, 1.54) is 9.40 Å². The van der Waals surface area contributed by atoms with Crippen molar-refractivity contribution in [3.8, 4) is 0 Å². The summed E-state index contributed by atoms with van der Waals surface area (Å²) in [7, 11) is 0. The second kappa shape index (κ2) is 4.61. The van der Waals surface area contributed by atoms with Crippen LogP contribution in [0.4, 0.5) is 0 Å². The molecule has 0 aromatic carbocycles. The van der Waals surface area contributed by atoms with Gasteiger partial charge in [-0.2, -0.15) is 0 Å². The minimum atomic E-state index is -0.489. The summed E-state index contributed by atoms with van der Waals surface area (Å²) in [5, 5.41) is 12.0. The molecule has 0 aliphatic rings. The van der Waals surface area contributed by atoms with E-state index in [0.717, 1.165) is 4.88 Å². The van der Waals surface area contributed by atoms with Gasteiger partial charge in [-0.15, -0.1) is 22.7 Å². The number of rotatable bonds is 4. The topological polar surface area (TPSA) is 29.5 Å². The fourth-order valence-corrected chi connectivity index (χ4v) is 3.40. The lowest BCUT2D eigenvalue weighted by molar-refractivity contribution is 0.00636. The highest BCUT2D eigenvalue weighted by atomic mass is 32.1. The van der Waals surface area contributed by atoms with E-state index in [-0.39, 0.29) is 6.10 Å². The van der Waals surface area contributed by atoms with E-state index in [2.05, 4.69) is 17.5 Å². The molecule has 0 spiro atoms. The number of fused-ring (bicyclic) bond motifs is 1. The van der Waals surface area contributed by atoms with Crippen LogP contribution in [0, 0.1) is 0 Å². The van der Waals surface area contributed by atoms with Gasteiger partial charge in [-0.1, -0.05) is 0 Å². The molecule has 0 saturated heterocycles. The van der Waals surface area contributed by atoms with Crippen LogP contribution in [0.3, 0.4) is 0 Å². The average Bonchev–Trinajstić information content (AvgIpc) is 2.72. The quantitative estimate of drug-likeness (QED) is 0.890. The van der Waals surface area contributed by atoms with Gasteiger partial charge in [-0.05, 0) is 31.4 Å². The zero-order valence-electron chi connectivity index (χ0n) is 8.77. The van der Waals surface area contributed by atoms with Gasteiger partial charge in [0, 0.05) is 14.3 Å². The third-order valence-corrected chi connectivity index (χ3v) is 4.27. The van der Waals surface area contributed by atoms with Gasteiger partial charge >= 0.3 is 0 Å². The van der Waals surface area contributed by atoms with Crippen molar-refractivity contribution < 1.29 is 9.84 Å². The lowest BCUT2D eigenvalue weighted by Crippen LogP contribution is -2.10. The van der Waals surface area contributed by atoms with Crippen LogP contribution in [0.5, 0.6) is 0 Å². The van der Waals surface area contributed by atoms with Crippen molar-refractivity contribution in [3.63, 3.8) is 0 Å². The van der Waals surface area contributed by atoms with Crippen molar-refractivity contribution in [1.82, 2.24) is 0 Å². The van der Waals surface area contributed by atoms with Crippen LogP contribution < -0.4 is 0 Å². The normalized spacial score (nSPS) is 13.9. The minimum Gasteiger partial charge on any atom is -0.385 e. The molecule has 2 aromatic rings. The SMILES string of the molecule is CC(C)OCC(O)c1cc2sccc2s1. The molecule has 1 unspecified atom stereocenters. The fourth-order valence-electron chi connectivity index (χ4n) is 1.31. The van der Waals surface area contributed by atoms with Crippen molar-refractivity contribution in [1.29, 1.82) is 0 Å². The zero-order chi connectivity index (χ0) is 10.8. The first-order valence-corrected chi connectivity index (χ1v) is 6.63. The number of aliphatic hydroxyl groups excluding tert-OH is 1. The summed E-state index contributed by atoms with van der Waals surface area (Å²) in [5.74, 6) is 0. The smallest absolute Gasteiger partial charge is 0.111 e. The second-order valence-electron chi connectivity index (χ2n) is 3.70. The Hall–Kier alpha value is -0.420. The number of hydrogen-bond donors (Lipinski definition) is 1. The van der Waals surface area contributed by atoms with Gasteiger partial charge in [-0.25, -0.2) is 0 Å². The molecular formula is C11H14O2S2. The van der Waals surface area contributed by atoms with Crippen molar-refractivity contribution in [2.24, 2.45) is 0 Å². The van der Waals surface area contributed by atoms with Crippen LogP contribution in [0.1, 0.15) is 24.8 Å². The average molecular weight is 242 g/mol. The highest BCUT2D eigenvalue weighted by molar-refractivity contribution is 7.26. The summed E-state index contributed by atoms with van der Waals surface area (Å²) in [6.07, 6.45) is -0.322. The Bertz CT molecular complexity index is 402. The molecule has 2 nitrogen and oxygen atoms in total. The van der Waals surface area contributed by atoms with Crippen molar-refractivity contribution >= 4 is 32.1 Å². The van der Waals surface area contributed by atoms with Gasteiger partial charge in [-0.3, -0.25) is 0 Å². The minimum absolute atomic E-state index is 0.167. The Labute approximate surface area is 97.1 Å². The summed E-state index contributed by atoms with van der Waals surface area (Å²) < 4.78 is 7.89. The van der Waals surface area contributed by atoms with E-state index in [0.29, 0.717) is 6.61 Å². The first-order chi connectivity index (χ1) is 7.16. The standard InChI is InChI=1S/C11H14O2S2/c1-7(2)13-6-8(12)10-5-11-9(15-10)3-4-14-11/h3-5,7-8,12H,6H2,1-2H3. The van der Waals surface area contributed by atoms with E-state index in [1.54, 1.807) is 22.7 Å². The maximum absolute atomic E-state index is 9.88. The van der Waals surface area contributed by atoms with Gasteiger partial charge in [0.25, 0.3) is 0 Å². The molecule has 0 bridgehead atoms. The lowest BCUT2D eigenvalue weighted by atomic mass is 10.3. The van der Waals surface area contributed by atoms with Crippen LogP contribution in [0.2, 0.25) is 0 Å². The predicted molar refractivity (Wildman–Crippen MR) is 65.7 cm³/mol. The molecule has 15 heavy (non-hydrogen) atoms. The van der Waals surface area contributed by atoms with Crippen molar-refractivity contribution in [2.45, 2.75) is 26.1 Å². The summed E-state index contributed by atoms with van der Waals surface area (Å²) in [6, 6.07) is 4.14. The monoisotopic (exact) mass is 242 g/mol. The van der Waals surface area contributed by atoms with Crippen molar-refractivity contribution in [2.75, 3.05) is 6.61 Å². The molecule has 1 N–H and O–H groups in total. The predicted octanol–water partition coefficient (Wildman–Crippen LogP) is 3.42. The zero-order valence-corrected chi connectivity index (χ0v) is 10.4. The Balaban J connectivity index is 2.06. The Kier molecular flexibility index (Phi) is 3.41. The van der Waals surface area contributed by atoms with E-state index >= 15 is 0 Å². The third kappa shape index (κ3) is 2.58. The van der Waals surface area contributed by atoms with Crippen LogP contribution in [-0.2, 0) is 4.74 Å². The molecule has 2 rings (SSSR count). The lowest BCUT2D eigenvalue weighted by Gasteiger charge is -2.11. The first kappa shape index (κ1) is 11.1. The van der Waals surface area contributed by atoms with Crippen LogP contribution in [0.15, 0.2) is 17.5 Å². The molecule has 2 heterocycles. The summed E-state index contributed by atoms with van der Waals surface area (Å²) in [6.45, 7) is 4.32. The van der Waals surface area contributed by atoms with Gasteiger partial charge in [0.05, 0.1) is 12.7 Å². The summed E-state index contributed by atoms with van der Waals surface area (Å²) >= 11 is 3.35. The van der Waals surface area contributed by atoms with E-state index in [1.807, 2.05) is 13.8 Å². The molecule has 0 aliphatic heterocycles. The molecule has 82 valence electrons. The summed E-state index contributed by atoms with van der Waals surface area (Å²) in [5.41, 5.74) is 0. The largest absolute Gasteiger partial charge is 0.385 e. The molecule has 1 atom stereocenters. The molecule has 0 fully saturated rings. The number of thiophene rings is 2. The number of hydrogen-bond acceptors (Lipinski definition) is 4. The van der Waals surface area contributed by atoms with Gasteiger partial charge < -0.3 is 9.84 Å². The fraction of sp³-hybridized carbons (Fsp3) is 0.455. The molecular weight excluding hydrogens is 228 g/mol. The third-order valence-electron chi connectivity index (χ3n) is 2.07. The Morgan fingerprint density at radius 3 is 2.87 bits per heavy atom. The Morgan fingerprint density at radius 2 is 2.20 bits per heavy atom. The molecule has 0 amide bonds. The molecule has 0 radical (unpaired) electrons. The van der Waals surface area contributed by atoms with Crippen molar-refractivity contribution in [3.05, 3.63) is 22.4 Å². The first-order valence-electron chi connectivity index (χ1n) is 4.93. The number of aliphatic hydroxyl groups is 1. The second-order valence-corrected chi connectivity index (χ2v) is 5.76. The van der Waals surface area contributed by atoms with E-state index in [9.17, 15) is 5.11 Å². The number of ether oxygens (including phenoxy) is 1. The molecule has 4 heteroatoms. The maximum atomic E-state index is 9.88.